The maximum absolute atomic E-state index is 14.1. The molecule has 16 heteroatoms. The molecule has 2 aliphatic rings. The van der Waals surface area contributed by atoms with Crippen molar-refractivity contribution in [2.75, 3.05) is 79.6 Å². The second-order valence-electron chi connectivity index (χ2n) is 13.0. The first-order chi connectivity index (χ1) is 25.8. The van der Waals surface area contributed by atoms with Crippen LogP contribution in [-0.4, -0.2) is 130 Å². The van der Waals surface area contributed by atoms with Gasteiger partial charge < -0.3 is 49.6 Å². The van der Waals surface area contributed by atoms with Crippen LogP contribution >= 0.6 is 11.3 Å². The molecule has 1 aromatic carbocycles. The molecule has 294 valence electrons. The van der Waals surface area contributed by atoms with E-state index in [1.807, 2.05) is 4.90 Å². The minimum Gasteiger partial charge on any atom is -0.491 e. The predicted molar refractivity (Wildman–Crippen MR) is 198 cm³/mol. The van der Waals surface area contributed by atoms with Crippen LogP contribution in [0.4, 0.5) is 4.79 Å². The molecular weight excluding hydrogens is 706 g/mol. The molecule has 1 saturated heterocycles. The summed E-state index contributed by atoms with van der Waals surface area (Å²) < 4.78 is 27.5. The molecule has 0 bridgehead atoms. The van der Waals surface area contributed by atoms with Crippen molar-refractivity contribution in [1.82, 2.24) is 25.8 Å². The Morgan fingerprint density at radius 3 is 2.23 bits per heavy atom. The van der Waals surface area contributed by atoms with Crippen molar-refractivity contribution in [2.24, 2.45) is 5.92 Å². The molecule has 2 fully saturated rings. The third-order valence-corrected chi connectivity index (χ3v) is 10.3. The van der Waals surface area contributed by atoms with Gasteiger partial charge in [-0.3, -0.25) is 14.4 Å². The lowest BCUT2D eigenvalue weighted by atomic mass is 9.83. The van der Waals surface area contributed by atoms with Gasteiger partial charge in [-0.1, -0.05) is 31.4 Å². The fraction of sp³-hybridized carbons (Fsp3) is 0.649. The van der Waals surface area contributed by atoms with Crippen LogP contribution < -0.4 is 20.7 Å². The number of ether oxygens (including phenoxy) is 5. The van der Waals surface area contributed by atoms with Gasteiger partial charge in [-0.05, 0) is 57.7 Å². The SMILES string of the molecule is CN[C@@H](C)C(=O)N[C@H](C(=O)N1CCC[C@H]1c1nc(C(=O)c2cccc(OCCOCCOCCOCCOCCNC(=O)O)c2)cs1)C1CCCCC1. The number of carbonyl (C=O) groups is 4. The molecule has 0 spiro atoms. The fourth-order valence-corrected chi connectivity index (χ4v) is 7.30. The standard InChI is InChI=1S/C37H55N5O10S/c1-26(38-2)34(44)41-32(27-8-4-3-5-9-27)36(45)42-14-7-12-31(42)35-40-30(25-53-35)33(43)28-10-6-11-29(24-28)52-23-22-51-21-20-50-19-18-49-17-16-48-15-13-39-37(46)47/h6,10-11,24-27,31-32,38-39H,3-5,7-9,12-23H2,1-2H3,(H,41,44)(H,46,47)/t26-,31-,32-/m0/s1. The Morgan fingerprint density at radius 2 is 1.57 bits per heavy atom. The molecule has 2 aromatic rings. The van der Waals surface area contributed by atoms with E-state index >= 15 is 0 Å². The number of amides is 3. The van der Waals surface area contributed by atoms with Gasteiger partial charge in [0.1, 0.15) is 29.1 Å². The zero-order chi connectivity index (χ0) is 37.8. The zero-order valence-corrected chi connectivity index (χ0v) is 31.7. The molecule has 0 radical (unpaired) electrons. The van der Waals surface area contributed by atoms with Crippen molar-refractivity contribution in [3.63, 3.8) is 0 Å². The van der Waals surface area contributed by atoms with E-state index in [1.54, 1.807) is 43.6 Å². The summed E-state index contributed by atoms with van der Waals surface area (Å²) in [6.45, 7) is 5.93. The highest BCUT2D eigenvalue weighted by Crippen LogP contribution is 2.36. The molecule has 3 amide bonds. The highest BCUT2D eigenvalue weighted by atomic mass is 32.1. The smallest absolute Gasteiger partial charge is 0.404 e. The Balaban J connectivity index is 1.18. The van der Waals surface area contributed by atoms with Crippen molar-refractivity contribution in [3.8, 4) is 5.75 Å². The molecular formula is C37H55N5O10S. The van der Waals surface area contributed by atoms with Crippen LogP contribution in [0.3, 0.4) is 0 Å². The number of ketones is 1. The minimum absolute atomic E-state index is 0.0598. The second-order valence-corrected chi connectivity index (χ2v) is 13.9. The largest absolute Gasteiger partial charge is 0.491 e. The third kappa shape index (κ3) is 13.9. The number of likely N-dealkylation sites (N-methyl/N-ethyl adjacent to an activating group) is 1. The van der Waals surface area contributed by atoms with Gasteiger partial charge in [0.05, 0.1) is 64.9 Å². The molecule has 1 aliphatic carbocycles. The number of hydrogen-bond donors (Lipinski definition) is 4. The number of benzene rings is 1. The number of likely N-dealkylation sites (tertiary alicyclic amines) is 1. The van der Waals surface area contributed by atoms with Crippen LogP contribution in [0, 0.1) is 5.92 Å². The monoisotopic (exact) mass is 761 g/mol. The Bertz CT molecular complexity index is 1440. The summed E-state index contributed by atoms with van der Waals surface area (Å²) in [5.74, 6) is 0.187. The van der Waals surface area contributed by atoms with Crippen LogP contribution in [0.1, 0.15) is 79.0 Å². The van der Waals surface area contributed by atoms with Gasteiger partial charge in [0.2, 0.25) is 17.6 Å². The van der Waals surface area contributed by atoms with Gasteiger partial charge in [0.25, 0.3) is 0 Å². The second kappa shape index (κ2) is 23.2. The average molecular weight is 762 g/mol. The van der Waals surface area contributed by atoms with E-state index in [9.17, 15) is 19.2 Å². The normalized spacial score (nSPS) is 17.3. The number of aromatic nitrogens is 1. The summed E-state index contributed by atoms with van der Waals surface area (Å²) in [4.78, 5) is 57.4. The van der Waals surface area contributed by atoms with Gasteiger partial charge >= 0.3 is 6.09 Å². The molecule has 53 heavy (non-hydrogen) atoms. The summed E-state index contributed by atoms with van der Waals surface area (Å²) in [6.07, 6.45) is 5.60. The summed E-state index contributed by atoms with van der Waals surface area (Å²) in [5, 5.41) is 19.2. The lowest BCUT2D eigenvalue weighted by Gasteiger charge is -2.35. The fourth-order valence-electron chi connectivity index (χ4n) is 6.35. The van der Waals surface area contributed by atoms with E-state index in [0.717, 1.165) is 50.0 Å². The van der Waals surface area contributed by atoms with Gasteiger partial charge in [0, 0.05) is 24.0 Å². The molecule has 2 heterocycles. The van der Waals surface area contributed by atoms with Crippen molar-refractivity contribution in [2.45, 2.75) is 70.0 Å². The molecule has 4 N–H and O–H groups in total. The van der Waals surface area contributed by atoms with Gasteiger partial charge in [-0.15, -0.1) is 11.3 Å². The van der Waals surface area contributed by atoms with Crippen LogP contribution in [0.2, 0.25) is 0 Å². The Hall–Kier alpha value is -3.67. The zero-order valence-electron chi connectivity index (χ0n) is 30.8. The Kier molecular flexibility index (Phi) is 18.4. The summed E-state index contributed by atoms with van der Waals surface area (Å²) in [5.41, 5.74) is 0.782. The van der Waals surface area contributed by atoms with Crippen molar-refractivity contribution >= 4 is 35.0 Å². The predicted octanol–water partition coefficient (Wildman–Crippen LogP) is 3.42. The number of thiazole rings is 1. The molecule has 1 aliphatic heterocycles. The van der Waals surface area contributed by atoms with E-state index in [4.69, 9.17) is 33.8 Å². The summed E-state index contributed by atoms with van der Waals surface area (Å²) >= 11 is 1.39. The van der Waals surface area contributed by atoms with E-state index in [1.165, 1.54) is 11.3 Å². The van der Waals surface area contributed by atoms with Crippen molar-refractivity contribution < 1.29 is 48.0 Å². The molecule has 3 atom stereocenters. The van der Waals surface area contributed by atoms with Crippen molar-refractivity contribution in [3.05, 3.63) is 45.9 Å². The first-order valence-corrected chi connectivity index (χ1v) is 19.4. The lowest BCUT2D eigenvalue weighted by molar-refractivity contribution is -0.139. The third-order valence-electron chi connectivity index (χ3n) is 9.32. The number of carbonyl (C=O) groups excluding carboxylic acids is 3. The van der Waals surface area contributed by atoms with Crippen LogP contribution in [0.25, 0.3) is 0 Å². The number of nitrogens with zero attached hydrogens (tertiary/aromatic N) is 2. The maximum Gasteiger partial charge on any atom is 0.404 e. The van der Waals surface area contributed by atoms with E-state index < -0.39 is 18.2 Å². The van der Waals surface area contributed by atoms with Crippen LogP contribution in [-0.2, 0) is 28.5 Å². The first-order valence-electron chi connectivity index (χ1n) is 18.6. The van der Waals surface area contributed by atoms with E-state index in [2.05, 4.69) is 16.0 Å². The maximum atomic E-state index is 14.1. The molecule has 4 rings (SSSR count). The van der Waals surface area contributed by atoms with Crippen LogP contribution in [0.5, 0.6) is 5.75 Å². The number of hydrogen-bond acceptors (Lipinski definition) is 12. The first kappa shape index (κ1) is 42.1. The lowest BCUT2D eigenvalue weighted by Crippen LogP contribution is -2.55. The Morgan fingerprint density at radius 1 is 0.906 bits per heavy atom. The Labute approximate surface area is 315 Å². The quantitative estimate of drug-likeness (QED) is 0.0904. The summed E-state index contributed by atoms with van der Waals surface area (Å²) in [6, 6.07) is 5.75. The molecule has 1 saturated carbocycles. The number of carboxylic acid groups (broad SMARTS) is 1. The summed E-state index contributed by atoms with van der Waals surface area (Å²) in [7, 11) is 1.73. The number of rotatable bonds is 24. The van der Waals surface area contributed by atoms with Crippen molar-refractivity contribution in [1.29, 1.82) is 0 Å². The molecule has 1 aromatic heterocycles. The van der Waals surface area contributed by atoms with E-state index in [0.29, 0.717) is 76.4 Å². The highest BCUT2D eigenvalue weighted by molar-refractivity contribution is 7.10. The number of nitrogens with one attached hydrogen (secondary N) is 3. The van der Waals surface area contributed by atoms with Gasteiger partial charge in [-0.25, -0.2) is 9.78 Å². The van der Waals surface area contributed by atoms with Gasteiger partial charge in [-0.2, -0.15) is 0 Å². The van der Waals surface area contributed by atoms with Gasteiger partial charge in [0.15, 0.2) is 0 Å². The topological polar surface area (TPSA) is 187 Å². The molecule has 0 unspecified atom stereocenters. The van der Waals surface area contributed by atoms with Crippen LogP contribution in [0.15, 0.2) is 29.6 Å². The minimum atomic E-state index is -1.08. The molecule has 15 nitrogen and oxygen atoms in total. The average Bonchev–Trinajstić information content (AvgIpc) is 3.87. The highest BCUT2D eigenvalue weighted by Gasteiger charge is 2.40. The van der Waals surface area contributed by atoms with E-state index in [-0.39, 0.29) is 42.7 Å².